The van der Waals surface area contributed by atoms with E-state index in [1.807, 2.05) is 0 Å². The third kappa shape index (κ3) is 7.18. The number of nitrogens with one attached hydrogen (secondary N) is 1. The van der Waals surface area contributed by atoms with Crippen LogP contribution in [0.3, 0.4) is 0 Å². The maximum atomic E-state index is 13.4. The van der Waals surface area contributed by atoms with Gasteiger partial charge in [-0.1, -0.05) is 12.1 Å². The normalized spacial score (nSPS) is 20.1. The maximum absolute atomic E-state index is 13.4. The van der Waals surface area contributed by atoms with Crippen molar-refractivity contribution in [1.82, 2.24) is 19.8 Å². The minimum absolute atomic E-state index is 0.0290. The molecule has 1 aliphatic carbocycles. The van der Waals surface area contributed by atoms with Gasteiger partial charge in [0.15, 0.2) is 0 Å². The first kappa shape index (κ1) is 27.7. The lowest BCUT2D eigenvalue weighted by atomic mass is 9.95. The molecule has 1 aromatic carbocycles. The summed E-state index contributed by atoms with van der Waals surface area (Å²) in [5.41, 5.74) is 1.02. The van der Waals surface area contributed by atoms with Gasteiger partial charge in [-0.25, -0.2) is 19.2 Å². The Morgan fingerprint density at radius 1 is 1.13 bits per heavy atom. The van der Waals surface area contributed by atoms with Crippen LogP contribution in [0.15, 0.2) is 36.7 Å². The van der Waals surface area contributed by atoms with Crippen molar-refractivity contribution in [3.63, 3.8) is 0 Å². The second-order valence-electron chi connectivity index (χ2n) is 9.64. The fourth-order valence-corrected chi connectivity index (χ4v) is 4.86. The monoisotopic (exact) mass is 537 g/mol. The number of likely N-dealkylation sites (tertiary alicyclic amines) is 1. The SMILES string of the molecule is CCOC(=O)c1cnc(NCCN2CCC(CN(C(=O)C(F)(F)F)C3CC3c3ccc(F)cc3)CC2)nc1. The van der Waals surface area contributed by atoms with Crippen molar-refractivity contribution < 1.29 is 31.9 Å². The molecule has 206 valence electrons. The smallest absolute Gasteiger partial charge is 0.462 e. The third-order valence-electron chi connectivity index (χ3n) is 6.99. The second-order valence-corrected chi connectivity index (χ2v) is 9.64. The van der Waals surface area contributed by atoms with Gasteiger partial charge in [-0.05, 0) is 62.9 Å². The predicted octanol–water partition coefficient (Wildman–Crippen LogP) is 3.86. The van der Waals surface area contributed by atoms with Crippen molar-refractivity contribution in [3.05, 3.63) is 53.6 Å². The molecule has 1 saturated heterocycles. The summed E-state index contributed by atoms with van der Waals surface area (Å²) < 4.78 is 58.3. The standard InChI is InChI=1S/C26H31F4N5O3/c1-2-38-23(36)19-14-32-25(33-15-19)31-9-12-34-10-7-17(8-11-34)16-35(24(37)26(28,29)30)22-13-21(22)18-3-5-20(27)6-4-18/h3-6,14-15,17,21-22H,2,7-13,16H2,1H3,(H,31,32,33). The highest BCUT2D eigenvalue weighted by atomic mass is 19.4. The number of alkyl halides is 3. The number of ether oxygens (including phenoxy) is 1. The number of amides is 1. The molecule has 2 aliphatic rings. The number of carbonyl (C=O) groups excluding carboxylic acids is 2. The number of hydrogen-bond acceptors (Lipinski definition) is 7. The molecule has 2 unspecified atom stereocenters. The molecule has 2 heterocycles. The molecule has 0 bridgehead atoms. The van der Waals surface area contributed by atoms with Crippen LogP contribution in [-0.4, -0.2) is 83.2 Å². The minimum Gasteiger partial charge on any atom is -0.462 e. The zero-order valence-electron chi connectivity index (χ0n) is 21.1. The molecule has 4 rings (SSSR count). The Hall–Kier alpha value is -3.28. The number of esters is 1. The highest BCUT2D eigenvalue weighted by Crippen LogP contribution is 2.46. The summed E-state index contributed by atoms with van der Waals surface area (Å²) in [5.74, 6) is -2.54. The van der Waals surface area contributed by atoms with Crippen LogP contribution in [0, 0.1) is 11.7 Å². The van der Waals surface area contributed by atoms with Crippen molar-refractivity contribution in [2.75, 3.05) is 44.6 Å². The molecule has 12 heteroatoms. The summed E-state index contributed by atoms with van der Waals surface area (Å²) in [6.07, 6.45) is -0.332. The van der Waals surface area contributed by atoms with Gasteiger partial charge in [0.1, 0.15) is 5.82 Å². The van der Waals surface area contributed by atoms with E-state index in [9.17, 15) is 27.2 Å². The zero-order chi connectivity index (χ0) is 27.3. The molecule has 8 nitrogen and oxygen atoms in total. The molecule has 1 aromatic heterocycles. The Balaban J connectivity index is 1.24. The Morgan fingerprint density at radius 3 is 2.39 bits per heavy atom. The van der Waals surface area contributed by atoms with Gasteiger partial charge in [0.2, 0.25) is 5.95 Å². The van der Waals surface area contributed by atoms with Crippen molar-refractivity contribution >= 4 is 17.8 Å². The number of nitrogens with zero attached hydrogens (tertiary/aromatic N) is 4. The Morgan fingerprint density at radius 2 is 1.79 bits per heavy atom. The highest BCUT2D eigenvalue weighted by Gasteiger charge is 2.52. The minimum atomic E-state index is -4.93. The molecule has 1 aliphatic heterocycles. The molecule has 1 amide bonds. The first-order valence-electron chi connectivity index (χ1n) is 12.7. The van der Waals surface area contributed by atoms with E-state index in [1.54, 1.807) is 19.1 Å². The van der Waals surface area contributed by atoms with Crippen LogP contribution in [0.5, 0.6) is 0 Å². The summed E-state index contributed by atoms with van der Waals surface area (Å²) in [6.45, 7) is 4.70. The van der Waals surface area contributed by atoms with Crippen molar-refractivity contribution in [3.8, 4) is 0 Å². The van der Waals surface area contributed by atoms with E-state index in [2.05, 4.69) is 20.2 Å². The van der Waals surface area contributed by atoms with Crippen LogP contribution < -0.4 is 5.32 Å². The maximum Gasteiger partial charge on any atom is 0.471 e. The van der Waals surface area contributed by atoms with Gasteiger partial charge in [-0.2, -0.15) is 13.2 Å². The summed E-state index contributed by atoms with van der Waals surface area (Å²) >= 11 is 0. The van der Waals surface area contributed by atoms with E-state index in [-0.39, 0.29) is 30.6 Å². The molecule has 38 heavy (non-hydrogen) atoms. The molecule has 1 N–H and O–H groups in total. The number of aromatic nitrogens is 2. The van der Waals surface area contributed by atoms with E-state index in [4.69, 9.17) is 4.74 Å². The number of halogens is 4. The van der Waals surface area contributed by atoms with Crippen molar-refractivity contribution in [2.24, 2.45) is 5.92 Å². The average Bonchev–Trinajstić information content (AvgIpc) is 3.69. The first-order chi connectivity index (χ1) is 18.2. The summed E-state index contributed by atoms with van der Waals surface area (Å²) in [6, 6.07) is 5.20. The molecule has 0 spiro atoms. The molecule has 2 fully saturated rings. The Labute approximate surface area is 218 Å². The van der Waals surface area contributed by atoms with Gasteiger partial charge >= 0.3 is 18.1 Å². The van der Waals surface area contributed by atoms with E-state index in [0.717, 1.165) is 10.5 Å². The zero-order valence-corrected chi connectivity index (χ0v) is 21.1. The van der Waals surface area contributed by atoms with Crippen molar-refractivity contribution in [2.45, 2.75) is 44.3 Å². The van der Waals surface area contributed by atoms with Crippen LogP contribution >= 0.6 is 0 Å². The molecule has 1 saturated carbocycles. The number of rotatable bonds is 10. The number of piperidine rings is 1. The van der Waals surface area contributed by atoms with Crippen LogP contribution in [-0.2, 0) is 9.53 Å². The van der Waals surface area contributed by atoms with E-state index in [1.165, 1.54) is 24.5 Å². The van der Waals surface area contributed by atoms with E-state index >= 15 is 0 Å². The lowest BCUT2D eigenvalue weighted by molar-refractivity contribution is -0.187. The summed E-state index contributed by atoms with van der Waals surface area (Å²) in [7, 11) is 0. The highest BCUT2D eigenvalue weighted by molar-refractivity contribution is 5.88. The van der Waals surface area contributed by atoms with Crippen LogP contribution in [0.2, 0.25) is 0 Å². The Kier molecular flexibility index (Phi) is 8.80. The van der Waals surface area contributed by atoms with Gasteiger partial charge in [0.05, 0.1) is 12.2 Å². The topological polar surface area (TPSA) is 87.7 Å². The quantitative estimate of drug-likeness (QED) is 0.364. The van der Waals surface area contributed by atoms with E-state index < -0.39 is 29.9 Å². The average molecular weight is 538 g/mol. The molecular formula is C26H31F4N5O3. The fraction of sp³-hybridized carbons (Fsp3) is 0.538. The number of benzene rings is 1. The fourth-order valence-electron chi connectivity index (χ4n) is 4.86. The predicted molar refractivity (Wildman–Crippen MR) is 131 cm³/mol. The van der Waals surface area contributed by atoms with Gasteiger partial charge in [-0.3, -0.25) is 4.79 Å². The molecule has 2 atom stereocenters. The first-order valence-corrected chi connectivity index (χ1v) is 12.7. The van der Waals surface area contributed by atoms with Gasteiger partial charge < -0.3 is 19.9 Å². The number of anilines is 1. The molecule has 0 radical (unpaired) electrons. The second kappa shape index (κ2) is 12.1. The summed E-state index contributed by atoms with van der Waals surface area (Å²) in [4.78, 5) is 35.4. The lowest BCUT2D eigenvalue weighted by Crippen LogP contribution is -2.47. The Bertz CT molecular complexity index is 1090. The third-order valence-corrected chi connectivity index (χ3v) is 6.99. The molecular weight excluding hydrogens is 506 g/mol. The lowest BCUT2D eigenvalue weighted by Gasteiger charge is -2.35. The number of carbonyl (C=O) groups is 2. The summed E-state index contributed by atoms with van der Waals surface area (Å²) in [5, 5.41) is 3.09. The van der Waals surface area contributed by atoms with Crippen LogP contribution in [0.1, 0.15) is 48.0 Å². The van der Waals surface area contributed by atoms with E-state index in [0.29, 0.717) is 51.4 Å². The van der Waals surface area contributed by atoms with Crippen LogP contribution in [0.25, 0.3) is 0 Å². The van der Waals surface area contributed by atoms with Gasteiger partial charge in [0.25, 0.3) is 0 Å². The molecule has 2 aromatic rings. The van der Waals surface area contributed by atoms with Crippen molar-refractivity contribution in [1.29, 1.82) is 0 Å². The van der Waals surface area contributed by atoms with Crippen LogP contribution in [0.4, 0.5) is 23.5 Å². The number of hydrogen-bond donors (Lipinski definition) is 1. The van der Waals surface area contributed by atoms with Gasteiger partial charge in [0, 0.05) is 44.0 Å². The van der Waals surface area contributed by atoms with Gasteiger partial charge in [-0.15, -0.1) is 0 Å². The largest absolute Gasteiger partial charge is 0.471 e.